The monoisotopic (exact) mass is 279 g/mol. The van der Waals surface area contributed by atoms with Crippen LogP contribution in [0.1, 0.15) is 44.6 Å². The molecule has 0 heterocycles. The van der Waals surface area contributed by atoms with E-state index in [0.29, 0.717) is 18.9 Å². The zero-order chi connectivity index (χ0) is 14.4. The van der Waals surface area contributed by atoms with Crippen LogP contribution in [0.2, 0.25) is 0 Å². The molecular weight excluding hydrogens is 254 g/mol. The van der Waals surface area contributed by atoms with Gasteiger partial charge < -0.3 is 20.3 Å². The van der Waals surface area contributed by atoms with E-state index in [4.69, 9.17) is 4.74 Å². The van der Waals surface area contributed by atoms with E-state index in [-0.39, 0.29) is 17.9 Å². The lowest BCUT2D eigenvalue weighted by molar-refractivity contribution is 0.119. The molecule has 0 aliphatic heterocycles. The molecule has 1 aromatic rings. The van der Waals surface area contributed by atoms with E-state index in [0.717, 1.165) is 24.8 Å². The van der Waals surface area contributed by atoms with Crippen LogP contribution in [0, 0.1) is 0 Å². The van der Waals surface area contributed by atoms with Gasteiger partial charge in [-0.15, -0.1) is 0 Å². The highest BCUT2D eigenvalue weighted by Crippen LogP contribution is 2.27. The molecule has 4 heteroatoms. The Kier molecular flexibility index (Phi) is 5.68. The molecule has 2 rings (SSSR count). The molecule has 20 heavy (non-hydrogen) atoms. The summed E-state index contributed by atoms with van der Waals surface area (Å²) in [6.07, 6.45) is 5.17. The minimum atomic E-state index is -0.249. The number of phenolic OH excluding ortho intramolecular Hbond substituents is 1. The summed E-state index contributed by atoms with van der Waals surface area (Å²) in [7, 11) is 0. The van der Waals surface area contributed by atoms with E-state index < -0.39 is 0 Å². The Hall–Kier alpha value is -1.26. The second-order valence-electron chi connectivity index (χ2n) is 5.43. The minimum Gasteiger partial charge on any atom is -0.504 e. The van der Waals surface area contributed by atoms with Gasteiger partial charge in [-0.2, -0.15) is 0 Å². The van der Waals surface area contributed by atoms with Crippen LogP contribution < -0.4 is 10.1 Å². The van der Waals surface area contributed by atoms with Gasteiger partial charge in [0, 0.05) is 12.6 Å². The molecule has 0 spiro atoms. The Labute approximate surface area is 120 Å². The molecule has 1 aliphatic rings. The van der Waals surface area contributed by atoms with E-state index in [1.807, 2.05) is 19.1 Å². The number of aliphatic hydroxyl groups is 1. The highest BCUT2D eigenvalue weighted by Gasteiger charge is 2.20. The number of aliphatic hydroxyl groups excluding tert-OH is 1. The van der Waals surface area contributed by atoms with E-state index in [9.17, 15) is 10.2 Å². The van der Waals surface area contributed by atoms with Gasteiger partial charge in [0.15, 0.2) is 11.5 Å². The van der Waals surface area contributed by atoms with Gasteiger partial charge in [0.05, 0.1) is 12.7 Å². The molecule has 1 aromatic carbocycles. The van der Waals surface area contributed by atoms with Crippen molar-refractivity contribution in [1.82, 2.24) is 5.32 Å². The summed E-state index contributed by atoms with van der Waals surface area (Å²) in [5, 5.41) is 23.2. The molecule has 1 fully saturated rings. The van der Waals surface area contributed by atoms with Gasteiger partial charge in [-0.05, 0) is 37.5 Å². The molecule has 1 aliphatic carbocycles. The average molecular weight is 279 g/mol. The van der Waals surface area contributed by atoms with Gasteiger partial charge in [0.25, 0.3) is 0 Å². The Morgan fingerprint density at radius 3 is 2.85 bits per heavy atom. The van der Waals surface area contributed by atoms with Crippen LogP contribution in [0.3, 0.4) is 0 Å². The molecule has 2 unspecified atom stereocenters. The maximum absolute atomic E-state index is 10.1. The second-order valence-corrected chi connectivity index (χ2v) is 5.43. The molecule has 0 aromatic heterocycles. The number of nitrogens with one attached hydrogen (secondary N) is 1. The van der Waals surface area contributed by atoms with Crippen molar-refractivity contribution >= 4 is 0 Å². The summed E-state index contributed by atoms with van der Waals surface area (Å²) in [5.74, 6) is 0.693. The first-order valence-corrected chi connectivity index (χ1v) is 7.57. The van der Waals surface area contributed by atoms with Crippen LogP contribution in [-0.2, 0) is 6.54 Å². The zero-order valence-electron chi connectivity index (χ0n) is 12.1. The Balaban J connectivity index is 1.94. The molecule has 112 valence electrons. The van der Waals surface area contributed by atoms with E-state index in [2.05, 4.69) is 5.32 Å². The van der Waals surface area contributed by atoms with Crippen LogP contribution >= 0.6 is 0 Å². The summed E-state index contributed by atoms with van der Waals surface area (Å²) >= 11 is 0. The lowest BCUT2D eigenvalue weighted by Gasteiger charge is -2.22. The fourth-order valence-corrected chi connectivity index (χ4v) is 2.71. The molecule has 0 saturated heterocycles. The van der Waals surface area contributed by atoms with Crippen LogP contribution in [-0.4, -0.2) is 29.0 Å². The van der Waals surface area contributed by atoms with Crippen molar-refractivity contribution in [3.8, 4) is 11.5 Å². The number of phenols is 1. The summed E-state index contributed by atoms with van der Waals surface area (Å²) in [6, 6.07) is 5.57. The Bertz CT molecular complexity index is 422. The summed E-state index contributed by atoms with van der Waals surface area (Å²) in [5.41, 5.74) is 1.06. The fourth-order valence-electron chi connectivity index (χ4n) is 2.71. The fraction of sp³-hybridized carbons (Fsp3) is 0.625. The Morgan fingerprint density at radius 1 is 1.25 bits per heavy atom. The number of benzene rings is 1. The van der Waals surface area contributed by atoms with Crippen LogP contribution in [0.4, 0.5) is 0 Å². The normalized spacial score (nSPS) is 23.3. The molecule has 3 N–H and O–H groups in total. The smallest absolute Gasteiger partial charge is 0.161 e. The zero-order valence-corrected chi connectivity index (χ0v) is 12.1. The van der Waals surface area contributed by atoms with Crippen molar-refractivity contribution in [2.24, 2.45) is 0 Å². The number of hydrogen-bond acceptors (Lipinski definition) is 4. The van der Waals surface area contributed by atoms with Crippen LogP contribution in [0.5, 0.6) is 11.5 Å². The van der Waals surface area contributed by atoms with E-state index in [1.165, 1.54) is 12.8 Å². The third-order valence-corrected chi connectivity index (χ3v) is 3.87. The maximum atomic E-state index is 10.1. The van der Waals surface area contributed by atoms with Crippen molar-refractivity contribution in [3.05, 3.63) is 23.8 Å². The first-order chi connectivity index (χ1) is 9.70. The number of hydrogen-bond donors (Lipinski definition) is 3. The van der Waals surface area contributed by atoms with Gasteiger partial charge >= 0.3 is 0 Å². The predicted octanol–water partition coefficient (Wildman–Crippen LogP) is 2.57. The third-order valence-electron chi connectivity index (χ3n) is 3.87. The van der Waals surface area contributed by atoms with Gasteiger partial charge in [0.1, 0.15) is 0 Å². The van der Waals surface area contributed by atoms with Crippen LogP contribution in [0.25, 0.3) is 0 Å². The molecule has 1 saturated carbocycles. The highest BCUT2D eigenvalue weighted by atomic mass is 16.5. The maximum Gasteiger partial charge on any atom is 0.161 e. The summed E-state index contributed by atoms with van der Waals surface area (Å²) in [6.45, 7) is 3.11. The van der Waals surface area contributed by atoms with Crippen LogP contribution in [0.15, 0.2) is 18.2 Å². The molecular formula is C16H25NO3. The van der Waals surface area contributed by atoms with Crippen molar-refractivity contribution in [2.45, 2.75) is 57.7 Å². The quantitative estimate of drug-likeness (QED) is 0.725. The first-order valence-electron chi connectivity index (χ1n) is 7.57. The van der Waals surface area contributed by atoms with Crippen molar-refractivity contribution in [1.29, 1.82) is 0 Å². The number of aromatic hydroxyl groups is 1. The lowest BCUT2D eigenvalue weighted by Crippen LogP contribution is -2.38. The molecule has 4 nitrogen and oxygen atoms in total. The Morgan fingerprint density at radius 2 is 2.05 bits per heavy atom. The standard InChI is InChI=1S/C16H25NO3/c1-2-20-16-10-12(8-9-15(16)19)11-17-13-6-4-3-5-7-14(13)18/h8-10,13-14,17-19H,2-7,11H2,1H3. The minimum absolute atomic E-state index is 0.168. The van der Waals surface area contributed by atoms with E-state index >= 15 is 0 Å². The highest BCUT2D eigenvalue weighted by molar-refractivity contribution is 5.41. The number of rotatable bonds is 5. The van der Waals surface area contributed by atoms with Gasteiger partial charge in [-0.1, -0.05) is 25.3 Å². The van der Waals surface area contributed by atoms with Gasteiger partial charge in [0.2, 0.25) is 0 Å². The molecule has 0 amide bonds. The average Bonchev–Trinajstić information content (AvgIpc) is 2.65. The first kappa shape index (κ1) is 15.1. The lowest BCUT2D eigenvalue weighted by atomic mass is 10.1. The van der Waals surface area contributed by atoms with E-state index in [1.54, 1.807) is 6.07 Å². The SMILES string of the molecule is CCOc1cc(CNC2CCCCCC2O)ccc1O. The predicted molar refractivity (Wildman–Crippen MR) is 79.0 cm³/mol. The molecule has 0 radical (unpaired) electrons. The topological polar surface area (TPSA) is 61.7 Å². The molecule has 2 atom stereocenters. The van der Waals surface area contributed by atoms with Gasteiger partial charge in [-0.3, -0.25) is 0 Å². The molecule has 0 bridgehead atoms. The second kappa shape index (κ2) is 7.50. The van der Waals surface area contributed by atoms with Crippen molar-refractivity contribution in [2.75, 3.05) is 6.61 Å². The van der Waals surface area contributed by atoms with Crippen molar-refractivity contribution in [3.63, 3.8) is 0 Å². The van der Waals surface area contributed by atoms with Crippen molar-refractivity contribution < 1.29 is 14.9 Å². The van der Waals surface area contributed by atoms with Gasteiger partial charge in [-0.25, -0.2) is 0 Å². The summed E-state index contributed by atoms with van der Waals surface area (Å²) in [4.78, 5) is 0. The number of ether oxygens (including phenoxy) is 1. The third kappa shape index (κ3) is 4.12. The summed E-state index contributed by atoms with van der Waals surface area (Å²) < 4.78 is 5.38. The largest absolute Gasteiger partial charge is 0.504 e.